The van der Waals surface area contributed by atoms with Crippen LogP contribution in [0.15, 0.2) is 24.5 Å². The van der Waals surface area contributed by atoms with Crippen molar-refractivity contribution in [2.45, 2.75) is 6.42 Å². The van der Waals surface area contributed by atoms with Gasteiger partial charge in [0.25, 0.3) is 0 Å². The maximum Gasteiger partial charge on any atom is 0.144 e. The average molecular weight is 242 g/mol. The van der Waals surface area contributed by atoms with Crippen LogP contribution in [0, 0.1) is 11.3 Å². The molecule has 0 aromatic carbocycles. The first-order valence-corrected chi connectivity index (χ1v) is 5.57. The molecule has 0 atom stereocenters. The van der Waals surface area contributed by atoms with Crippen molar-refractivity contribution in [2.24, 2.45) is 7.05 Å². The molecule has 2 aromatic heterocycles. The van der Waals surface area contributed by atoms with E-state index in [1.165, 1.54) is 6.20 Å². The molecule has 0 unspecified atom stereocenters. The van der Waals surface area contributed by atoms with E-state index in [9.17, 15) is 0 Å². The van der Waals surface area contributed by atoms with Gasteiger partial charge in [0, 0.05) is 31.9 Å². The van der Waals surface area contributed by atoms with Gasteiger partial charge in [0.05, 0.1) is 17.4 Å². The number of aromatic nitrogens is 3. The number of nitrogens with zero attached hydrogens (tertiary/aromatic N) is 4. The van der Waals surface area contributed by atoms with Crippen LogP contribution in [0.3, 0.4) is 0 Å². The minimum atomic E-state index is 0.458. The van der Waals surface area contributed by atoms with Gasteiger partial charge < -0.3 is 11.1 Å². The molecular formula is C12H14N6. The van der Waals surface area contributed by atoms with E-state index in [4.69, 9.17) is 11.0 Å². The Hall–Kier alpha value is -2.55. The number of nitrogen functional groups attached to an aromatic ring is 1. The summed E-state index contributed by atoms with van der Waals surface area (Å²) in [7, 11) is 1.90. The largest absolute Gasteiger partial charge is 0.397 e. The van der Waals surface area contributed by atoms with Crippen molar-refractivity contribution < 1.29 is 0 Å². The summed E-state index contributed by atoms with van der Waals surface area (Å²) in [5.41, 5.74) is 7.65. The Morgan fingerprint density at radius 3 is 3.06 bits per heavy atom. The van der Waals surface area contributed by atoms with Gasteiger partial charge in [-0.1, -0.05) is 0 Å². The van der Waals surface area contributed by atoms with Crippen molar-refractivity contribution in [2.75, 3.05) is 17.6 Å². The Labute approximate surface area is 105 Å². The van der Waals surface area contributed by atoms with Crippen LogP contribution in [0.2, 0.25) is 0 Å². The van der Waals surface area contributed by atoms with Crippen LogP contribution >= 0.6 is 0 Å². The smallest absolute Gasteiger partial charge is 0.144 e. The van der Waals surface area contributed by atoms with Gasteiger partial charge in [0.15, 0.2) is 0 Å². The zero-order valence-electron chi connectivity index (χ0n) is 10.1. The number of rotatable bonds is 4. The summed E-state index contributed by atoms with van der Waals surface area (Å²) in [5.74, 6) is 0.564. The summed E-state index contributed by atoms with van der Waals surface area (Å²) in [4.78, 5) is 4.11. The molecular weight excluding hydrogens is 228 g/mol. The third kappa shape index (κ3) is 2.58. The maximum absolute atomic E-state index is 8.97. The average Bonchev–Trinajstić information content (AvgIpc) is 2.77. The van der Waals surface area contributed by atoms with Crippen LogP contribution in [-0.4, -0.2) is 21.3 Å². The van der Waals surface area contributed by atoms with Crippen molar-refractivity contribution in [1.29, 1.82) is 5.26 Å². The molecule has 0 aliphatic rings. The molecule has 6 nitrogen and oxygen atoms in total. The number of aryl methyl sites for hydroxylation is 1. The normalized spacial score (nSPS) is 10.0. The van der Waals surface area contributed by atoms with E-state index in [2.05, 4.69) is 21.5 Å². The van der Waals surface area contributed by atoms with Gasteiger partial charge in [-0.15, -0.1) is 0 Å². The highest BCUT2D eigenvalue weighted by molar-refractivity contribution is 5.57. The van der Waals surface area contributed by atoms with Crippen LogP contribution in [0.5, 0.6) is 0 Å². The van der Waals surface area contributed by atoms with E-state index in [0.29, 0.717) is 23.6 Å². The number of hydrogen-bond donors (Lipinski definition) is 2. The molecule has 92 valence electrons. The first kappa shape index (κ1) is 11.9. The number of nitrogens with one attached hydrogen (secondary N) is 1. The lowest BCUT2D eigenvalue weighted by Gasteiger charge is -2.07. The number of hydrogen-bond acceptors (Lipinski definition) is 5. The highest BCUT2D eigenvalue weighted by Crippen LogP contribution is 2.14. The number of nitrogens with two attached hydrogens (primary N) is 1. The Morgan fingerprint density at radius 1 is 1.56 bits per heavy atom. The molecule has 0 saturated carbocycles. The highest BCUT2D eigenvalue weighted by atomic mass is 15.3. The second-order valence-corrected chi connectivity index (χ2v) is 3.90. The van der Waals surface area contributed by atoms with Crippen LogP contribution in [0.25, 0.3) is 0 Å². The van der Waals surface area contributed by atoms with Gasteiger partial charge in [0.1, 0.15) is 11.9 Å². The standard InChI is InChI=1S/C12H14N6/c1-18-11(3-5-17-18)2-4-15-12-9(7-13)6-10(14)8-16-12/h3,5-6,8H,2,4,14H2,1H3,(H,15,16). The second kappa shape index (κ2) is 5.19. The van der Waals surface area contributed by atoms with Crippen LogP contribution in [-0.2, 0) is 13.5 Å². The molecule has 0 radical (unpaired) electrons. The van der Waals surface area contributed by atoms with Gasteiger partial charge in [-0.3, -0.25) is 4.68 Å². The van der Waals surface area contributed by atoms with Crippen molar-refractivity contribution >= 4 is 11.5 Å². The predicted octanol–water partition coefficient (Wildman–Crippen LogP) is 0.924. The van der Waals surface area contributed by atoms with Crippen LogP contribution in [0.1, 0.15) is 11.3 Å². The molecule has 0 aliphatic carbocycles. The van der Waals surface area contributed by atoms with Crippen LogP contribution in [0.4, 0.5) is 11.5 Å². The van der Waals surface area contributed by atoms with Crippen molar-refractivity contribution in [3.05, 3.63) is 35.8 Å². The number of nitriles is 1. The first-order chi connectivity index (χ1) is 8.70. The van der Waals surface area contributed by atoms with Crippen molar-refractivity contribution in [1.82, 2.24) is 14.8 Å². The second-order valence-electron chi connectivity index (χ2n) is 3.90. The zero-order valence-corrected chi connectivity index (χ0v) is 10.1. The summed E-state index contributed by atoms with van der Waals surface area (Å²) < 4.78 is 1.82. The van der Waals surface area contributed by atoms with Gasteiger partial charge in [-0.05, 0) is 12.1 Å². The third-order valence-corrected chi connectivity index (χ3v) is 2.63. The summed E-state index contributed by atoms with van der Waals surface area (Å²) in [5, 5.41) is 16.2. The van der Waals surface area contributed by atoms with E-state index >= 15 is 0 Å². The lowest BCUT2D eigenvalue weighted by atomic mass is 10.2. The third-order valence-electron chi connectivity index (χ3n) is 2.63. The van der Waals surface area contributed by atoms with E-state index < -0.39 is 0 Å². The molecule has 0 saturated heterocycles. The monoisotopic (exact) mass is 242 g/mol. The molecule has 0 fully saturated rings. The summed E-state index contributed by atoms with van der Waals surface area (Å²) in [6.45, 7) is 0.686. The summed E-state index contributed by atoms with van der Waals surface area (Å²) in [6, 6.07) is 5.64. The Bertz CT molecular complexity index is 580. The lowest BCUT2D eigenvalue weighted by molar-refractivity contribution is 0.711. The Morgan fingerprint density at radius 2 is 2.39 bits per heavy atom. The van der Waals surface area contributed by atoms with E-state index in [0.717, 1.165) is 12.1 Å². The predicted molar refractivity (Wildman–Crippen MR) is 68.8 cm³/mol. The molecule has 0 spiro atoms. The lowest BCUT2D eigenvalue weighted by Crippen LogP contribution is -2.10. The minimum absolute atomic E-state index is 0.458. The van der Waals surface area contributed by atoms with Crippen molar-refractivity contribution in [3.8, 4) is 6.07 Å². The van der Waals surface area contributed by atoms with Gasteiger partial charge in [0.2, 0.25) is 0 Å². The number of pyridine rings is 1. The first-order valence-electron chi connectivity index (χ1n) is 5.57. The molecule has 6 heteroatoms. The van der Waals surface area contributed by atoms with Crippen LogP contribution < -0.4 is 11.1 Å². The SMILES string of the molecule is Cn1nccc1CCNc1ncc(N)cc1C#N. The molecule has 0 bridgehead atoms. The summed E-state index contributed by atoms with van der Waals surface area (Å²) in [6.07, 6.45) is 4.11. The Balaban J connectivity index is 1.99. The maximum atomic E-state index is 8.97. The molecule has 2 aromatic rings. The van der Waals surface area contributed by atoms with Gasteiger partial charge >= 0.3 is 0 Å². The van der Waals surface area contributed by atoms with E-state index in [-0.39, 0.29) is 0 Å². The molecule has 2 heterocycles. The van der Waals surface area contributed by atoms with E-state index in [1.54, 1.807) is 12.3 Å². The topological polar surface area (TPSA) is 92.6 Å². The van der Waals surface area contributed by atoms with Crippen molar-refractivity contribution in [3.63, 3.8) is 0 Å². The fraction of sp³-hybridized carbons (Fsp3) is 0.250. The zero-order chi connectivity index (χ0) is 13.0. The Kier molecular flexibility index (Phi) is 3.44. The fourth-order valence-electron chi connectivity index (χ4n) is 1.66. The minimum Gasteiger partial charge on any atom is -0.397 e. The highest BCUT2D eigenvalue weighted by Gasteiger charge is 2.04. The summed E-state index contributed by atoms with van der Waals surface area (Å²) >= 11 is 0. The quantitative estimate of drug-likeness (QED) is 0.831. The molecule has 2 rings (SSSR count). The molecule has 3 N–H and O–H groups in total. The molecule has 0 aliphatic heterocycles. The fourth-order valence-corrected chi connectivity index (χ4v) is 1.66. The van der Waals surface area contributed by atoms with Gasteiger partial charge in [-0.2, -0.15) is 10.4 Å². The molecule has 18 heavy (non-hydrogen) atoms. The van der Waals surface area contributed by atoms with Gasteiger partial charge in [-0.25, -0.2) is 4.98 Å². The molecule has 0 amide bonds. The number of anilines is 2. The van der Waals surface area contributed by atoms with E-state index in [1.807, 2.05) is 17.8 Å².